The van der Waals surface area contributed by atoms with Gasteiger partial charge >= 0.3 is 0 Å². The third kappa shape index (κ3) is 508. The topological polar surface area (TPSA) is 104 Å². The van der Waals surface area contributed by atoms with Gasteiger partial charge in [-0.2, -0.15) is 0 Å². The maximum absolute atomic E-state index is 4.00. The van der Waals surface area contributed by atoms with Crippen LogP contribution in [0.25, 0.3) is 0 Å². The SMILES string of the molecule is C.NN.NN. The summed E-state index contributed by atoms with van der Waals surface area (Å²) >= 11 is 0. The van der Waals surface area contributed by atoms with Crippen LogP contribution in [-0.4, -0.2) is 0 Å². The molecule has 4 nitrogen and oxygen atoms in total. The van der Waals surface area contributed by atoms with E-state index in [4.69, 9.17) is 0 Å². The zero-order chi connectivity index (χ0) is 4.00. The first kappa shape index (κ1) is 21.1. The zero-order valence-electron chi connectivity index (χ0n) is 2.31. The van der Waals surface area contributed by atoms with Gasteiger partial charge in [0.15, 0.2) is 0 Å². The molecule has 0 bridgehead atoms. The van der Waals surface area contributed by atoms with E-state index in [9.17, 15) is 0 Å². The van der Waals surface area contributed by atoms with Crippen molar-refractivity contribution in [3.63, 3.8) is 0 Å². The molecule has 0 rings (SSSR count). The molecule has 0 fully saturated rings. The predicted octanol–water partition coefficient (Wildman–Crippen LogP) is -1.73. The third-order valence-electron chi connectivity index (χ3n) is 0. The molecule has 36 valence electrons. The third-order valence-corrected chi connectivity index (χ3v) is 0. The van der Waals surface area contributed by atoms with Crippen LogP contribution in [0, 0.1) is 0 Å². The number of nitrogens with two attached hydrogens (primary N) is 4. The van der Waals surface area contributed by atoms with Gasteiger partial charge in [0, 0.05) is 0 Å². The molecule has 0 aliphatic heterocycles. The first-order valence-corrected chi connectivity index (χ1v) is 0.667. The lowest BCUT2D eigenvalue weighted by molar-refractivity contribution is 1.26. The molecule has 8 N–H and O–H groups in total. The number of rotatable bonds is 0. The average Bonchev–Trinajstić information content (AvgIpc) is 1.50. The van der Waals surface area contributed by atoms with Gasteiger partial charge in [0.25, 0.3) is 0 Å². The Morgan fingerprint density at radius 3 is 0.600 bits per heavy atom. The quantitative estimate of drug-likeness (QED) is 0.205. The molecule has 0 amide bonds. The fourth-order valence-electron chi connectivity index (χ4n) is 0. The fraction of sp³-hybridized carbons (Fsp3) is 1.00. The molecule has 5 heavy (non-hydrogen) atoms. The van der Waals surface area contributed by atoms with Crippen molar-refractivity contribution < 1.29 is 0 Å². The molecule has 0 aromatic rings. The highest BCUT2D eigenvalue weighted by molar-refractivity contribution is 3.26. The second kappa shape index (κ2) is 1210. The van der Waals surface area contributed by atoms with Gasteiger partial charge in [0.1, 0.15) is 0 Å². The van der Waals surface area contributed by atoms with E-state index in [-0.39, 0.29) is 7.43 Å². The lowest BCUT2D eigenvalue weighted by Crippen LogP contribution is -2.02. The van der Waals surface area contributed by atoms with Crippen molar-refractivity contribution in [3.8, 4) is 0 Å². The summed E-state index contributed by atoms with van der Waals surface area (Å²) in [6.45, 7) is 0. The molecule has 0 aliphatic rings. The molecular formula is CH12N4. The van der Waals surface area contributed by atoms with Gasteiger partial charge in [-0.05, 0) is 0 Å². The van der Waals surface area contributed by atoms with Crippen molar-refractivity contribution in [2.45, 2.75) is 7.43 Å². The monoisotopic (exact) mass is 80.1 g/mol. The van der Waals surface area contributed by atoms with Crippen molar-refractivity contribution >= 4 is 0 Å². The van der Waals surface area contributed by atoms with E-state index in [1.54, 1.807) is 0 Å². The highest BCUT2D eigenvalue weighted by atomic mass is 15.0. The van der Waals surface area contributed by atoms with E-state index >= 15 is 0 Å². The molecule has 0 spiro atoms. The second-order valence-electron chi connectivity index (χ2n) is 0. The van der Waals surface area contributed by atoms with Crippen molar-refractivity contribution in [1.29, 1.82) is 0 Å². The zero-order valence-corrected chi connectivity index (χ0v) is 2.31. The molecule has 0 unspecified atom stereocenters. The van der Waals surface area contributed by atoms with E-state index in [0.29, 0.717) is 0 Å². The summed E-state index contributed by atoms with van der Waals surface area (Å²) < 4.78 is 0. The van der Waals surface area contributed by atoms with Gasteiger partial charge in [-0.25, -0.2) is 0 Å². The van der Waals surface area contributed by atoms with Gasteiger partial charge in [-0.15, -0.1) is 0 Å². The number of hydrazine groups is 2. The van der Waals surface area contributed by atoms with E-state index in [1.807, 2.05) is 0 Å². The molecule has 0 heterocycles. The molecule has 0 aromatic heterocycles. The minimum absolute atomic E-state index is 0. The normalized spacial score (nSPS) is 2.40. The second-order valence-corrected chi connectivity index (χ2v) is 0. The highest BCUT2D eigenvalue weighted by Crippen LogP contribution is 0.144. The molecular weight excluding hydrogens is 68.0 g/mol. The van der Waals surface area contributed by atoms with Crippen molar-refractivity contribution in [1.82, 2.24) is 0 Å². The number of hydrogen-bond acceptors (Lipinski definition) is 4. The van der Waals surface area contributed by atoms with Crippen LogP contribution in [0.15, 0.2) is 0 Å². The summed E-state index contributed by atoms with van der Waals surface area (Å²) in [5, 5.41) is 0. The smallest absolute Gasteiger partial charge is 0.0776 e. The Balaban J connectivity index is -0.0000000133. The summed E-state index contributed by atoms with van der Waals surface area (Å²) in [6, 6.07) is 0. The summed E-state index contributed by atoms with van der Waals surface area (Å²) in [6.07, 6.45) is 0. The van der Waals surface area contributed by atoms with Crippen LogP contribution < -0.4 is 23.4 Å². The Hall–Kier alpha value is -0.160. The van der Waals surface area contributed by atoms with Crippen LogP contribution in [0.3, 0.4) is 0 Å². The van der Waals surface area contributed by atoms with Crippen molar-refractivity contribution in [2.75, 3.05) is 0 Å². The maximum Gasteiger partial charge on any atom is -0.0776 e. The molecule has 0 saturated carbocycles. The lowest BCUT2D eigenvalue weighted by atomic mass is 12.0. The van der Waals surface area contributed by atoms with Crippen molar-refractivity contribution in [3.05, 3.63) is 0 Å². The molecule has 0 saturated heterocycles. The van der Waals surface area contributed by atoms with E-state index in [2.05, 4.69) is 23.4 Å². The Morgan fingerprint density at radius 1 is 0.600 bits per heavy atom. The molecule has 0 radical (unpaired) electrons. The first-order chi connectivity index (χ1) is 2.00. The molecule has 0 atom stereocenters. The minimum atomic E-state index is 0. The van der Waals surface area contributed by atoms with Crippen LogP contribution in [0.4, 0.5) is 0 Å². The van der Waals surface area contributed by atoms with Crippen LogP contribution in [-0.2, 0) is 0 Å². The summed E-state index contributed by atoms with van der Waals surface area (Å²) in [7, 11) is 0. The van der Waals surface area contributed by atoms with Gasteiger partial charge in [-0.1, -0.05) is 7.43 Å². The van der Waals surface area contributed by atoms with Gasteiger partial charge in [-0.3, -0.25) is 23.4 Å². The van der Waals surface area contributed by atoms with Crippen LogP contribution >= 0.6 is 0 Å². The lowest BCUT2D eigenvalue weighted by Gasteiger charge is -1.27. The summed E-state index contributed by atoms with van der Waals surface area (Å²) in [5.74, 6) is 16.0. The predicted molar refractivity (Wildman–Crippen MR) is 23.5 cm³/mol. The summed E-state index contributed by atoms with van der Waals surface area (Å²) in [4.78, 5) is 0. The Labute approximate surface area is 32.1 Å². The standard InChI is InChI=1S/CH4.2H4N2/c;2*1-2/h1H4;2*1-2H2. The van der Waals surface area contributed by atoms with E-state index in [1.165, 1.54) is 0 Å². The Kier molecular flexibility index (Phi) is 5100. The summed E-state index contributed by atoms with van der Waals surface area (Å²) in [5.41, 5.74) is 0. The van der Waals surface area contributed by atoms with Gasteiger partial charge < -0.3 is 0 Å². The molecule has 0 aromatic carbocycles. The van der Waals surface area contributed by atoms with Crippen LogP contribution in [0.1, 0.15) is 7.43 Å². The van der Waals surface area contributed by atoms with Crippen molar-refractivity contribution in [2.24, 2.45) is 23.4 Å². The first-order valence-electron chi connectivity index (χ1n) is 0.667. The largest absolute Gasteiger partial charge is 0.274 e. The molecule has 0 aliphatic carbocycles. The van der Waals surface area contributed by atoms with Crippen LogP contribution in [0.5, 0.6) is 0 Å². The highest BCUT2D eigenvalue weighted by Gasteiger charge is 0.728. The van der Waals surface area contributed by atoms with Crippen LogP contribution in [0.2, 0.25) is 0 Å². The average molecular weight is 80.1 g/mol. The Bertz CT molecular complexity index is 3.61. The maximum atomic E-state index is 4.00. The fourth-order valence-corrected chi connectivity index (χ4v) is 0. The molecule has 4 heteroatoms. The minimum Gasteiger partial charge on any atom is -0.274 e. The van der Waals surface area contributed by atoms with Gasteiger partial charge in [0.2, 0.25) is 0 Å². The van der Waals surface area contributed by atoms with Gasteiger partial charge in [0.05, 0.1) is 0 Å². The van der Waals surface area contributed by atoms with E-state index < -0.39 is 0 Å². The Morgan fingerprint density at radius 2 is 0.600 bits per heavy atom. The number of hydrogen-bond donors (Lipinski definition) is 4. The van der Waals surface area contributed by atoms with E-state index in [0.717, 1.165) is 0 Å².